The Balaban J connectivity index is 2.08. The fourth-order valence-corrected chi connectivity index (χ4v) is 3.35. The van der Waals surface area contributed by atoms with Gasteiger partial charge >= 0.3 is 6.03 Å². The zero-order chi connectivity index (χ0) is 17.9. The Morgan fingerprint density at radius 1 is 1.33 bits per heavy atom. The summed E-state index contributed by atoms with van der Waals surface area (Å²) in [6, 6.07) is 2.09. The molecule has 0 aromatic carbocycles. The van der Waals surface area contributed by atoms with Crippen molar-refractivity contribution in [2.75, 3.05) is 25.0 Å². The molecular weight excluding hydrogens is 306 g/mol. The number of rotatable bonds is 5. The summed E-state index contributed by atoms with van der Waals surface area (Å²) in [6.07, 6.45) is 3.64. The number of carbonyl (C=O) groups is 1. The highest BCUT2D eigenvalue weighted by atomic mass is 16.3. The van der Waals surface area contributed by atoms with Crippen molar-refractivity contribution in [2.45, 2.75) is 58.2 Å². The number of hydrogen-bond donors (Lipinski definition) is 2. The summed E-state index contributed by atoms with van der Waals surface area (Å²) in [5, 5.41) is 17.3. The van der Waals surface area contributed by atoms with E-state index >= 15 is 0 Å². The molecule has 2 unspecified atom stereocenters. The number of carbonyl (C=O) groups excluding carboxylic acids is 1. The van der Waals surface area contributed by atoms with Gasteiger partial charge in [-0.2, -0.15) is 5.10 Å². The van der Waals surface area contributed by atoms with Crippen LogP contribution >= 0.6 is 0 Å². The van der Waals surface area contributed by atoms with E-state index < -0.39 is 5.60 Å². The predicted octanol–water partition coefficient (Wildman–Crippen LogP) is 1.90. The summed E-state index contributed by atoms with van der Waals surface area (Å²) < 4.78 is 1.67. The van der Waals surface area contributed by atoms with Gasteiger partial charge in [0.15, 0.2) is 5.82 Å². The summed E-state index contributed by atoms with van der Waals surface area (Å²) in [4.78, 5) is 16.9. The fraction of sp³-hybridized carbons (Fsp3) is 0.765. The van der Waals surface area contributed by atoms with Crippen molar-refractivity contribution in [2.24, 2.45) is 7.05 Å². The van der Waals surface area contributed by atoms with Gasteiger partial charge in [-0.25, -0.2) is 4.79 Å². The van der Waals surface area contributed by atoms with E-state index in [1.165, 1.54) is 0 Å². The van der Waals surface area contributed by atoms with E-state index in [4.69, 9.17) is 0 Å². The molecule has 1 fully saturated rings. The first-order valence-electron chi connectivity index (χ1n) is 8.77. The number of nitrogens with one attached hydrogen (secondary N) is 1. The van der Waals surface area contributed by atoms with Crippen LogP contribution in [0.2, 0.25) is 0 Å². The first-order chi connectivity index (χ1) is 11.2. The molecule has 0 aliphatic carbocycles. The second-order valence-electron chi connectivity index (χ2n) is 7.32. The van der Waals surface area contributed by atoms with Crippen LogP contribution in [-0.4, -0.2) is 68.0 Å². The summed E-state index contributed by atoms with van der Waals surface area (Å²) in [5.41, 5.74) is -0.732. The predicted molar refractivity (Wildman–Crippen MR) is 95.0 cm³/mol. The summed E-state index contributed by atoms with van der Waals surface area (Å²) in [6.45, 7) is 9.97. The van der Waals surface area contributed by atoms with Crippen LogP contribution in [0.15, 0.2) is 12.3 Å². The molecule has 2 atom stereocenters. The second kappa shape index (κ2) is 7.53. The van der Waals surface area contributed by atoms with Crippen LogP contribution in [0, 0.1) is 0 Å². The van der Waals surface area contributed by atoms with Crippen LogP contribution in [0.1, 0.15) is 40.5 Å². The van der Waals surface area contributed by atoms with Gasteiger partial charge in [0.2, 0.25) is 0 Å². The number of urea groups is 1. The van der Waals surface area contributed by atoms with Crippen molar-refractivity contribution in [1.82, 2.24) is 19.6 Å². The topological polar surface area (TPSA) is 73.6 Å². The third-order valence-electron chi connectivity index (χ3n) is 4.55. The molecule has 1 aliphatic rings. The molecular formula is C17H31N5O2. The quantitative estimate of drug-likeness (QED) is 0.861. The molecule has 7 nitrogen and oxygen atoms in total. The zero-order valence-electron chi connectivity index (χ0n) is 15.5. The molecule has 2 amide bonds. The van der Waals surface area contributed by atoms with Crippen LogP contribution in [0.5, 0.6) is 0 Å². The van der Waals surface area contributed by atoms with Crippen molar-refractivity contribution in [3.63, 3.8) is 0 Å². The number of nitrogens with zero attached hydrogens (tertiary/aromatic N) is 4. The van der Waals surface area contributed by atoms with Crippen molar-refractivity contribution < 1.29 is 9.90 Å². The number of piperazine rings is 1. The number of aryl methyl sites for hydroxylation is 1. The monoisotopic (exact) mass is 337 g/mol. The van der Waals surface area contributed by atoms with E-state index in [1.807, 2.05) is 32.0 Å². The van der Waals surface area contributed by atoms with Gasteiger partial charge in [0.05, 0.1) is 5.60 Å². The van der Waals surface area contributed by atoms with Gasteiger partial charge in [0.25, 0.3) is 0 Å². The maximum absolute atomic E-state index is 12.7. The highest BCUT2D eigenvalue weighted by molar-refractivity contribution is 5.88. The summed E-state index contributed by atoms with van der Waals surface area (Å²) in [5.74, 6) is 0.573. The Bertz CT molecular complexity index is 551. The minimum atomic E-state index is -0.732. The number of aromatic nitrogens is 2. The molecule has 0 saturated carbocycles. The number of aliphatic hydroxyl groups is 1. The summed E-state index contributed by atoms with van der Waals surface area (Å²) in [7, 11) is 1.83. The van der Waals surface area contributed by atoms with E-state index in [1.54, 1.807) is 10.7 Å². The molecule has 24 heavy (non-hydrogen) atoms. The molecule has 0 radical (unpaired) electrons. The Kier molecular flexibility index (Phi) is 5.87. The van der Waals surface area contributed by atoms with Gasteiger partial charge < -0.3 is 10.0 Å². The average Bonchev–Trinajstić information content (AvgIpc) is 2.90. The van der Waals surface area contributed by atoms with Crippen molar-refractivity contribution in [1.29, 1.82) is 0 Å². The second-order valence-corrected chi connectivity index (χ2v) is 7.32. The van der Waals surface area contributed by atoms with Crippen molar-refractivity contribution in [3.8, 4) is 0 Å². The van der Waals surface area contributed by atoms with Gasteiger partial charge in [-0.3, -0.25) is 14.9 Å². The number of amides is 2. The van der Waals surface area contributed by atoms with Gasteiger partial charge in [0.1, 0.15) is 0 Å². The van der Waals surface area contributed by atoms with E-state index in [0.717, 1.165) is 19.4 Å². The molecule has 0 spiro atoms. The molecule has 7 heteroatoms. The maximum atomic E-state index is 12.7. The number of hydrogen-bond acceptors (Lipinski definition) is 4. The lowest BCUT2D eigenvalue weighted by atomic mass is 10.00. The Hall–Kier alpha value is -1.60. The van der Waals surface area contributed by atoms with Gasteiger partial charge in [0, 0.05) is 51.0 Å². The summed E-state index contributed by atoms with van der Waals surface area (Å²) >= 11 is 0. The molecule has 1 aliphatic heterocycles. The standard InChI is InChI=1S/C17H31N5O2/c1-6-13-11-22(16(23)18-15-8-9-20(5)19-15)14(7-2)10-21(13)12-17(3,4)24/h8-9,13-14,24H,6-7,10-12H2,1-5H3,(H,18,19,23). The largest absolute Gasteiger partial charge is 0.389 e. The van der Waals surface area contributed by atoms with Gasteiger partial charge in [-0.1, -0.05) is 13.8 Å². The van der Waals surface area contributed by atoms with Gasteiger partial charge in [-0.05, 0) is 26.7 Å². The first-order valence-corrected chi connectivity index (χ1v) is 8.77. The Morgan fingerprint density at radius 2 is 2.00 bits per heavy atom. The minimum Gasteiger partial charge on any atom is -0.389 e. The molecule has 2 heterocycles. The van der Waals surface area contributed by atoms with Crippen molar-refractivity contribution >= 4 is 11.8 Å². The number of β-amino-alcohol motifs (C(OH)–C–C–N with tert-alkyl or cyclic N) is 1. The molecule has 2 rings (SSSR count). The highest BCUT2D eigenvalue weighted by Crippen LogP contribution is 2.22. The third-order valence-corrected chi connectivity index (χ3v) is 4.55. The van der Waals surface area contributed by atoms with Crippen molar-refractivity contribution in [3.05, 3.63) is 12.3 Å². The van der Waals surface area contributed by atoms with Crippen LogP contribution in [0.3, 0.4) is 0 Å². The lowest BCUT2D eigenvalue weighted by Crippen LogP contribution is -2.62. The third kappa shape index (κ3) is 4.70. The average molecular weight is 337 g/mol. The lowest BCUT2D eigenvalue weighted by Gasteiger charge is -2.47. The first kappa shape index (κ1) is 18.7. The van der Waals surface area contributed by atoms with Crippen LogP contribution in [-0.2, 0) is 7.05 Å². The van der Waals surface area contributed by atoms with E-state index in [9.17, 15) is 9.90 Å². The van der Waals surface area contributed by atoms with Crippen LogP contribution in [0.25, 0.3) is 0 Å². The van der Waals surface area contributed by atoms with E-state index in [-0.39, 0.29) is 18.1 Å². The highest BCUT2D eigenvalue weighted by Gasteiger charge is 2.36. The number of anilines is 1. The van der Waals surface area contributed by atoms with E-state index in [0.29, 0.717) is 18.9 Å². The molecule has 1 saturated heterocycles. The fourth-order valence-electron chi connectivity index (χ4n) is 3.35. The van der Waals surface area contributed by atoms with Crippen LogP contribution < -0.4 is 5.32 Å². The lowest BCUT2D eigenvalue weighted by molar-refractivity contribution is -0.0173. The smallest absolute Gasteiger partial charge is 0.323 e. The molecule has 1 aromatic heterocycles. The Morgan fingerprint density at radius 3 is 2.50 bits per heavy atom. The van der Waals surface area contributed by atoms with E-state index in [2.05, 4.69) is 29.2 Å². The molecule has 0 bridgehead atoms. The molecule has 1 aromatic rings. The normalized spacial score (nSPS) is 22.7. The van der Waals surface area contributed by atoms with Gasteiger partial charge in [-0.15, -0.1) is 0 Å². The minimum absolute atomic E-state index is 0.0955. The molecule has 2 N–H and O–H groups in total. The molecule has 136 valence electrons. The zero-order valence-corrected chi connectivity index (χ0v) is 15.5. The van der Waals surface area contributed by atoms with Crippen LogP contribution in [0.4, 0.5) is 10.6 Å². The Labute approximate surface area is 144 Å². The SMILES string of the molecule is CCC1CN(C(=O)Nc2ccn(C)n2)C(CC)CN1CC(C)(C)O. The maximum Gasteiger partial charge on any atom is 0.323 e.